The lowest BCUT2D eigenvalue weighted by Gasteiger charge is -2.36. The predicted octanol–water partition coefficient (Wildman–Crippen LogP) is 1.29. The highest BCUT2D eigenvalue weighted by atomic mass is 16.6. The Balaban J connectivity index is 1.41. The van der Waals surface area contributed by atoms with Gasteiger partial charge in [0, 0.05) is 29.5 Å². The summed E-state index contributed by atoms with van der Waals surface area (Å²) < 4.78 is 5.04. The number of hydrogen-bond acceptors (Lipinski definition) is 7. The maximum atomic E-state index is 12.2. The smallest absolute Gasteiger partial charge is 0.309 e. The fraction of sp³-hybridized carbons (Fsp3) is 0.474. The van der Waals surface area contributed by atoms with Gasteiger partial charge in [0.2, 0.25) is 0 Å². The van der Waals surface area contributed by atoms with E-state index in [1.54, 1.807) is 0 Å². The number of rotatable bonds is 5. The Morgan fingerprint density at radius 3 is 2.28 bits per heavy atom. The van der Waals surface area contributed by atoms with E-state index in [-0.39, 0.29) is 34.8 Å². The van der Waals surface area contributed by atoms with Crippen LogP contribution in [0, 0.1) is 27.9 Å². The van der Waals surface area contributed by atoms with Gasteiger partial charge in [-0.1, -0.05) is 6.42 Å². The van der Waals surface area contributed by atoms with E-state index in [1.165, 1.54) is 24.3 Å². The number of nitrogens with one attached hydrogen (secondary N) is 2. The Labute approximate surface area is 166 Å². The van der Waals surface area contributed by atoms with Crippen molar-refractivity contribution in [2.45, 2.75) is 32.1 Å². The minimum atomic E-state index is -0.722. The first kappa shape index (κ1) is 20.4. The molecule has 2 atom stereocenters. The molecular formula is C19H21N3O7. The number of ether oxygens (including phenoxy) is 1. The number of esters is 1. The van der Waals surface area contributed by atoms with Crippen LogP contribution in [0.25, 0.3) is 0 Å². The number of fused-ring (bicyclic) bond motifs is 2. The van der Waals surface area contributed by atoms with E-state index in [0.29, 0.717) is 12.8 Å². The molecule has 2 aliphatic carbocycles. The van der Waals surface area contributed by atoms with Gasteiger partial charge in [0.15, 0.2) is 6.61 Å². The summed E-state index contributed by atoms with van der Waals surface area (Å²) >= 11 is 0. The van der Waals surface area contributed by atoms with Crippen molar-refractivity contribution in [3.8, 4) is 0 Å². The van der Waals surface area contributed by atoms with Gasteiger partial charge in [0.25, 0.3) is 17.5 Å². The summed E-state index contributed by atoms with van der Waals surface area (Å²) in [6.45, 7) is -0.556. The first-order valence-electron chi connectivity index (χ1n) is 9.39. The van der Waals surface area contributed by atoms with Crippen LogP contribution in [0.1, 0.15) is 42.5 Å². The third-order valence-electron chi connectivity index (χ3n) is 5.38. The van der Waals surface area contributed by atoms with Crippen LogP contribution in [-0.4, -0.2) is 35.1 Å². The molecule has 154 valence electrons. The van der Waals surface area contributed by atoms with E-state index in [9.17, 15) is 29.3 Å². The molecule has 2 fully saturated rings. The maximum absolute atomic E-state index is 12.2. The highest BCUT2D eigenvalue weighted by molar-refractivity contribution is 5.95. The van der Waals surface area contributed by atoms with Crippen LogP contribution in [0.15, 0.2) is 24.3 Å². The summed E-state index contributed by atoms with van der Waals surface area (Å²) in [5.74, 6) is -2.22. The van der Waals surface area contributed by atoms with E-state index in [4.69, 9.17) is 4.74 Å². The molecule has 2 saturated carbocycles. The van der Waals surface area contributed by atoms with Crippen LogP contribution in [0.4, 0.5) is 5.69 Å². The van der Waals surface area contributed by atoms with Crippen LogP contribution in [0.3, 0.4) is 0 Å². The van der Waals surface area contributed by atoms with Gasteiger partial charge < -0.3 is 4.74 Å². The van der Waals surface area contributed by atoms with Gasteiger partial charge in [0.05, 0.1) is 10.8 Å². The zero-order valence-electron chi connectivity index (χ0n) is 15.6. The molecule has 0 spiro atoms. The SMILES string of the molecule is O=C(COC(=O)C1C[C@@H]2CCC[C@@H](C1)C2=O)NNC(=O)c1ccc([N+](=O)[O-])cc1. The molecule has 0 heterocycles. The van der Waals surface area contributed by atoms with Crippen molar-refractivity contribution in [3.63, 3.8) is 0 Å². The average molecular weight is 403 g/mol. The molecule has 10 heteroatoms. The molecule has 2 amide bonds. The number of benzene rings is 1. The number of hydrogen-bond donors (Lipinski definition) is 2. The van der Waals surface area contributed by atoms with Gasteiger partial charge in [-0.3, -0.25) is 40.1 Å². The van der Waals surface area contributed by atoms with Crippen LogP contribution in [0.2, 0.25) is 0 Å². The Morgan fingerprint density at radius 2 is 1.69 bits per heavy atom. The zero-order valence-corrected chi connectivity index (χ0v) is 15.6. The molecular weight excluding hydrogens is 382 g/mol. The summed E-state index contributed by atoms with van der Waals surface area (Å²) in [4.78, 5) is 58.0. The first-order chi connectivity index (χ1) is 13.8. The second-order valence-electron chi connectivity index (χ2n) is 7.31. The van der Waals surface area contributed by atoms with E-state index < -0.39 is 29.3 Å². The third-order valence-corrected chi connectivity index (χ3v) is 5.38. The van der Waals surface area contributed by atoms with Crippen LogP contribution in [0.5, 0.6) is 0 Å². The summed E-state index contributed by atoms with van der Waals surface area (Å²) in [6, 6.07) is 4.84. The molecule has 0 unspecified atom stereocenters. The Morgan fingerprint density at radius 1 is 1.07 bits per heavy atom. The molecule has 10 nitrogen and oxygen atoms in total. The first-order valence-corrected chi connectivity index (χ1v) is 9.39. The number of amides is 2. The van der Waals surface area contributed by atoms with Crippen molar-refractivity contribution in [3.05, 3.63) is 39.9 Å². The van der Waals surface area contributed by atoms with Crippen LogP contribution >= 0.6 is 0 Å². The van der Waals surface area contributed by atoms with Crippen molar-refractivity contribution in [2.24, 2.45) is 17.8 Å². The number of Topliss-reactive ketones (excluding diaryl/α,β-unsaturated/α-hetero) is 1. The molecule has 0 aliphatic heterocycles. The summed E-state index contributed by atoms with van der Waals surface area (Å²) in [6.07, 6.45) is 3.53. The average Bonchev–Trinajstić information content (AvgIpc) is 2.70. The second kappa shape index (κ2) is 8.80. The topological polar surface area (TPSA) is 145 Å². The minimum Gasteiger partial charge on any atom is -0.455 e. The van der Waals surface area contributed by atoms with Crippen LogP contribution in [-0.2, 0) is 19.1 Å². The number of ketones is 1. The van der Waals surface area contributed by atoms with E-state index in [2.05, 4.69) is 10.9 Å². The molecule has 0 aromatic heterocycles. The van der Waals surface area contributed by atoms with Gasteiger partial charge in [-0.05, 0) is 37.8 Å². The maximum Gasteiger partial charge on any atom is 0.309 e. The van der Waals surface area contributed by atoms with Crippen molar-refractivity contribution in [1.29, 1.82) is 0 Å². The van der Waals surface area contributed by atoms with Gasteiger partial charge >= 0.3 is 5.97 Å². The van der Waals surface area contributed by atoms with Crippen LogP contribution < -0.4 is 10.9 Å². The molecule has 2 N–H and O–H groups in total. The third kappa shape index (κ3) is 4.95. The largest absolute Gasteiger partial charge is 0.455 e. The van der Waals surface area contributed by atoms with Gasteiger partial charge in [-0.25, -0.2) is 0 Å². The van der Waals surface area contributed by atoms with E-state index >= 15 is 0 Å². The van der Waals surface area contributed by atoms with Gasteiger partial charge in [-0.15, -0.1) is 0 Å². The normalized spacial score (nSPS) is 23.0. The predicted molar refractivity (Wildman–Crippen MR) is 98.2 cm³/mol. The molecule has 2 aliphatic rings. The standard InChI is InChI=1S/C19H21N3O7/c23-16(20-21-18(25)11-4-6-15(7-5-11)22(27)28)10-29-19(26)14-8-12-2-1-3-13(9-14)17(12)24/h4-7,12-14H,1-3,8-10H2,(H,20,23)(H,21,25)/t12-,13-/m0/s1. The lowest BCUT2D eigenvalue weighted by molar-refractivity contribution is -0.384. The Hall–Kier alpha value is -3.30. The van der Waals surface area contributed by atoms with Crippen molar-refractivity contribution in [2.75, 3.05) is 6.61 Å². The number of carbonyl (C=O) groups excluding carboxylic acids is 4. The Bertz CT molecular complexity index is 821. The van der Waals surface area contributed by atoms with Crippen molar-refractivity contribution in [1.82, 2.24) is 10.9 Å². The Kier molecular flexibility index (Phi) is 6.20. The fourth-order valence-corrected chi connectivity index (χ4v) is 3.90. The lowest BCUT2D eigenvalue weighted by Crippen LogP contribution is -2.44. The van der Waals surface area contributed by atoms with E-state index in [0.717, 1.165) is 19.3 Å². The highest BCUT2D eigenvalue weighted by Gasteiger charge is 2.41. The molecule has 0 saturated heterocycles. The number of nitro benzene ring substituents is 1. The summed E-state index contributed by atoms with van der Waals surface area (Å²) in [5.41, 5.74) is 4.22. The van der Waals surface area contributed by atoms with Crippen molar-refractivity contribution >= 4 is 29.3 Å². The number of nitrogens with zero attached hydrogens (tertiary/aromatic N) is 1. The second-order valence-corrected chi connectivity index (χ2v) is 7.31. The molecule has 29 heavy (non-hydrogen) atoms. The summed E-state index contributed by atoms with van der Waals surface area (Å²) in [5, 5.41) is 10.6. The highest BCUT2D eigenvalue weighted by Crippen LogP contribution is 2.40. The quantitative estimate of drug-likeness (QED) is 0.428. The number of carbonyl (C=O) groups is 4. The molecule has 1 aromatic rings. The number of non-ortho nitro benzene ring substituents is 1. The van der Waals surface area contributed by atoms with Gasteiger partial charge in [-0.2, -0.15) is 0 Å². The molecule has 1 aromatic carbocycles. The summed E-state index contributed by atoms with van der Waals surface area (Å²) in [7, 11) is 0. The van der Waals surface area contributed by atoms with E-state index in [1.807, 2.05) is 0 Å². The molecule has 2 bridgehead atoms. The number of nitro groups is 1. The number of hydrazine groups is 1. The monoisotopic (exact) mass is 403 g/mol. The zero-order chi connectivity index (χ0) is 21.0. The lowest BCUT2D eigenvalue weighted by atomic mass is 9.67. The van der Waals surface area contributed by atoms with Gasteiger partial charge in [0.1, 0.15) is 5.78 Å². The minimum absolute atomic E-state index is 0.0881. The molecule has 0 radical (unpaired) electrons. The molecule has 3 rings (SSSR count). The fourth-order valence-electron chi connectivity index (χ4n) is 3.90. The van der Waals surface area contributed by atoms with Crippen molar-refractivity contribution < 1.29 is 28.8 Å².